The van der Waals surface area contributed by atoms with Gasteiger partial charge in [0.2, 0.25) is 0 Å². The number of aliphatic hydroxyl groups excluding tert-OH is 1. The molecule has 4 heterocycles. The summed E-state index contributed by atoms with van der Waals surface area (Å²) in [5.74, 6) is -1.92. The zero-order chi connectivity index (χ0) is 69.9. The molecule has 3 amide bonds. The topological polar surface area (TPSA) is 327 Å². The number of rotatable bonds is 15. The highest BCUT2D eigenvalue weighted by atomic mass is 16.6. The molecule has 4 atom stereocenters. The van der Waals surface area contributed by atoms with Crippen molar-refractivity contribution >= 4 is 76.4 Å². The number of esters is 4. The summed E-state index contributed by atoms with van der Waals surface area (Å²) in [5, 5.41) is 25.4. The Morgan fingerprint density at radius 3 is 1.26 bits per heavy atom. The SMILES string of the molecule is C.CO.COC(=O)[C@@H](Cc1cc(C)c2c(c1)C=NC2)NC(=O)OC(C)(C)C.COC(=O)[C@@H](Cc1cc(C)c2c(cnn2C)c1)NC(=O)OC(C)(C)C.COC(=O)[C@@H](Cc1cc(C)c2nn(C)cc2c1)NC(=O)OC(C)(C)C.COC(=O)[C@H](N)Cc1cc(C)c2c(c1)C=NC2. The number of hydrogen-bond acceptors (Lipinski definition) is 20. The quantitative estimate of drug-likeness (QED) is 0.0474. The lowest BCUT2D eigenvalue weighted by Crippen LogP contribution is -2.45. The third-order valence-corrected chi connectivity index (χ3v) is 14.0. The van der Waals surface area contributed by atoms with Crippen LogP contribution in [0.4, 0.5) is 14.4 Å². The highest BCUT2D eigenvalue weighted by Crippen LogP contribution is 2.26. The molecule has 0 aliphatic carbocycles. The van der Waals surface area contributed by atoms with Gasteiger partial charge < -0.3 is 59.9 Å². The fourth-order valence-corrected chi connectivity index (χ4v) is 10.1. The molecule has 4 aromatic carbocycles. The zero-order valence-corrected chi connectivity index (χ0v) is 57.4. The first-order valence-corrected chi connectivity index (χ1v) is 30.1. The van der Waals surface area contributed by atoms with Crippen molar-refractivity contribution in [1.29, 1.82) is 0 Å². The van der Waals surface area contributed by atoms with Crippen molar-refractivity contribution in [3.63, 3.8) is 0 Å². The largest absolute Gasteiger partial charge is 0.468 e. The molecule has 2 aromatic heterocycles. The summed E-state index contributed by atoms with van der Waals surface area (Å²) in [6, 6.07) is 12.9. The van der Waals surface area contributed by atoms with E-state index in [2.05, 4.69) is 53.9 Å². The number of aromatic nitrogens is 4. The summed E-state index contributed by atoms with van der Waals surface area (Å²) in [7, 11) is 9.98. The van der Waals surface area contributed by atoms with Crippen LogP contribution in [0.3, 0.4) is 0 Å². The molecular formula is C69H98N10O15. The molecular weight excluding hydrogens is 1210 g/mol. The number of nitrogens with one attached hydrogen (secondary N) is 3. The van der Waals surface area contributed by atoms with E-state index < -0.39 is 77.2 Å². The fourth-order valence-electron chi connectivity index (χ4n) is 10.1. The molecule has 25 heteroatoms. The summed E-state index contributed by atoms with van der Waals surface area (Å²) >= 11 is 0. The Bertz CT molecular complexity index is 3620. The first kappa shape index (κ1) is 79.0. The van der Waals surface area contributed by atoms with Crippen molar-refractivity contribution in [2.75, 3.05) is 35.5 Å². The van der Waals surface area contributed by atoms with Crippen molar-refractivity contribution in [1.82, 2.24) is 35.5 Å². The van der Waals surface area contributed by atoms with Crippen molar-refractivity contribution in [3.05, 3.63) is 128 Å². The van der Waals surface area contributed by atoms with E-state index in [4.69, 9.17) is 39.3 Å². The molecule has 2 aliphatic rings. The second kappa shape index (κ2) is 35.2. The maximum atomic E-state index is 12.1. The average Bonchev–Trinajstić information content (AvgIpc) is 1.64. The van der Waals surface area contributed by atoms with E-state index in [0.717, 1.165) is 85.5 Å². The van der Waals surface area contributed by atoms with Gasteiger partial charge in [0.15, 0.2) is 0 Å². The van der Waals surface area contributed by atoms with Gasteiger partial charge in [0.05, 0.1) is 58.8 Å². The summed E-state index contributed by atoms with van der Waals surface area (Å²) in [4.78, 5) is 91.9. The molecule has 514 valence electrons. The molecule has 2 aliphatic heterocycles. The number of nitrogens with zero attached hydrogens (tertiary/aromatic N) is 6. The number of carbonyl (C=O) groups is 7. The van der Waals surface area contributed by atoms with E-state index in [9.17, 15) is 33.6 Å². The summed E-state index contributed by atoms with van der Waals surface area (Å²) in [5.41, 5.74) is 18.6. The molecule has 0 fully saturated rings. The first-order valence-electron chi connectivity index (χ1n) is 30.1. The number of aryl methyl sites for hydroxylation is 6. The van der Waals surface area contributed by atoms with E-state index in [-0.39, 0.29) is 13.4 Å². The number of aliphatic imine (C=N–C) groups is 2. The van der Waals surface area contributed by atoms with Gasteiger partial charge >= 0.3 is 42.2 Å². The molecule has 0 saturated carbocycles. The normalized spacial score (nSPS) is 13.0. The molecule has 94 heavy (non-hydrogen) atoms. The van der Waals surface area contributed by atoms with Crippen LogP contribution in [0.5, 0.6) is 0 Å². The molecule has 8 rings (SSSR count). The third-order valence-electron chi connectivity index (χ3n) is 14.0. The van der Waals surface area contributed by atoms with Crippen LogP contribution < -0.4 is 21.7 Å². The van der Waals surface area contributed by atoms with E-state index in [0.29, 0.717) is 32.2 Å². The van der Waals surface area contributed by atoms with Gasteiger partial charge in [0, 0.05) is 69.9 Å². The van der Waals surface area contributed by atoms with Gasteiger partial charge in [-0.1, -0.05) is 31.7 Å². The molecule has 0 unspecified atom stereocenters. The Labute approximate surface area is 551 Å². The molecule has 0 bridgehead atoms. The standard InChI is InChI=1S/2C18H25N3O4.C18H24N2O4.C13H16N2O2.CH4O.CH4/c1-11-7-12(8-13-10-21(5)20-15(11)13)9-14(16(22)24-6)19-17(23)25-18(2,3)4;1-11-7-12(8-13-10-19-21(5)15(11)13)9-14(16(22)24-6)20-17(23)25-18(2,3)4;1-11-6-12(7-13-9-19-10-14(11)13)8-15(16(21)23-5)20-17(22)24-18(2,3)4;1-8-3-9(5-12(14)13(16)17-2)4-10-6-15-7-11(8)10;1-2;/h7-8,10,14H,9H2,1-6H3,(H,19,23);7-8,10,14H,9H2,1-6H3,(H,20,23);6-7,9,15H,8,10H2,1-5H3,(H,20,22);3-4,6,12H,5,7,14H2,1-2H3;2H,1H3;1H4/t2*14-;15-;12-;;/m1111../s1. The van der Waals surface area contributed by atoms with Crippen LogP contribution in [-0.4, -0.2) is 156 Å². The lowest BCUT2D eigenvalue weighted by Gasteiger charge is -2.23. The van der Waals surface area contributed by atoms with Crippen LogP contribution in [0.2, 0.25) is 0 Å². The second-order valence-electron chi connectivity index (χ2n) is 25.3. The Morgan fingerprint density at radius 1 is 0.521 bits per heavy atom. The van der Waals surface area contributed by atoms with Gasteiger partial charge in [-0.3, -0.25) is 24.1 Å². The van der Waals surface area contributed by atoms with Crippen LogP contribution in [0.15, 0.2) is 70.9 Å². The van der Waals surface area contributed by atoms with Crippen molar-refractivity contribution in [3.8, 4) is 0 Å². The number of methoxy groups -OCH3 is 4. The number of benzene rings is 4. The van der Waals surface area contributed by atoms with Crippen molar-refractivity contribution < 1.29 is 71.8 Å². The number of ether oxygens (including phenoxy) is 7. The van der Waals surface area contributed by atoms with Gasteiger partial charge in [-0.05, 0) is 187 Å². The third kappa shape index (κ3) is 24.3. The van der Waals surface area contributed by atoms with Gasteiger partial charge in [-0.25, -0.2) is 28.8 Å². The van der Waals surface area contributed by atoms with Crippen LogP contribution in [0.25, 0.3) is 21.8 Å². The van der Waals surface area contributed by atoms with Gasteiger partial charge in [-0.15, -0.1) is 0 Å². The second-order valence-corrected chi connectivity index (χ2v) is 25.3. The highest BCUT2D eigenvalue weighted by molar-refractivity contribution is 5.88. The Kier molecular flexibility index (Phi) is 29.5. The lowest BCUT2D eigenvalue weighted by atomic mass is 9.97. The van der Waals surface area contributed by atoms with Crippen LogP contribution >= 0.6 is 0 Å². The average molecular weight is 1310 g/mol. The van der Waals surface area contributed by atoms with Gasteiger partial charge in [0.25, 0.3) is 0 Å². The minimum absolute atomic E-state index is 0. The number of fused-ring (bicyclic) bond motifs is 4. The molecule has 6 aromatic rings. The number of nitrogens with two attached hydrogens (primary N) is 1. The van der Waals surface area contributed by atoms with Crippen LogP contribution in [-0.2, 0) is 105 Å². The zero-order valence-electron chi connectivity index (χ0n) is 57.4. The van der Waals surface area contributed by atoms with Crippen LogP contribution in [0, 0.1) is 27.7 Å². The summed E-state index contributed by atoms with van der Waals surface area (Å²) < 4.78 is 38.3. The minimum Gasteiger partial charge on any atom is -0.468 e. The van der Waals surface area contributed by atoms with Crippen molar-refractivity contribution in [2.45, 2.75) is 177 Å². The monoisotopic (exact) mass is 1310 g/mol. The van der Waals surface area contributed by atoms with Gasteiger partial charge in [0.1, 0.15) is 41.0 Å². The summed E-state index contributed by atoms with van der Waals surface area (Å²) in [6.07, 6.45) is 6.88. The Hall–Kier alpha value is -9.23. The Morgan fingerprint density at radius 2 is 0.872 bits per heavy atom. The summed E-state index contributed by atoms with van der Waals surface area (Å²) in [6.45, 7) is 25.4. The first-order chi connectivity index (χ1) is 43.5. The van der Waals surface area contributed by atoms with Crippen LogP contribution in [0.1, 0.15) is 137 Å². The number of amides is 3. The lowest BCUT2D eigenvalue weighted by molar-refractivity contribution is -0.143. The van der Waals surface area contributed by atoms with E-state index in [1.807, 2.05) is 101 Å². The van der Waals surface area contributed by atoms with E-state index >= 15 is 0 Å². The molecule has 0 spiro atoms. The predicted molar refractivity (Wildman–Crippen MR) is 361 cm³/mol. The molecule has 0 saturated heterocycles. The number of carbonyl (C=O) groups excluding carboxylic acids is 7. The number of alkyl carbamates (subject to hydrolysis) is 3. The predicted octanol–water partition coefficient (Wildman–Crippen LogP) is 8.73. The Balaban J connectivity index is 0.000000325. The smallest absolute Gasteiger partial charge is 0.408 e. The maximum absolute atomic E-state index is 12.1. The van der Waals surface area contributed by atoms with Gasteiger partial charge in [-0.2, -0.15) is 10.2 Å². The van der Waals surface area contributed by atoms with E-state index in [1.54, 1.807) is 73.2 Å². The molecule has 6 N–H and O–H groups in total. The molecule has 0 radical (unpaired) electrons. The number of hydrogen-bond donors (Lipinski definition) is 5. The van der Waals surface area contributed by atoms with Crippen molar-refractivity contribution in [2.24, 2.45) is 29.8 Å². The highest BCUT2D eigenvalue weighted by Gasteiger charge is 2.29. The maximum Gasteiger partial charge on any atom is 0.408 e. The minimum atomic E-state index is -0.826. The number of aliphatic hydroxyl groups is 1. The van der Waals surface area contributed by atoms with E-state index in [1.165, 1.54) is 45.1 Å². The molecule has 25 nitrogen and oxygen atoms in total. The fraction of sp³-hybridized carbons (Fsp3) is 0.493.